The van der Waals surface area contributed by atoms with Crippen molar-refractivity contribution >= 4 is 19.7 Å². The Morgan fingerprint density at radius 3 is 1.16 bits per heavy atom. The van der Waals surface area contributed by atoms with E-state index in [-0.39, 0.29) is 24.9 Å². The third-order valence-electron chi connectivity index (χ3n) is 15.3. The number of hydrogen-bond donors (Lipinski definition) is 1. The summed E-state index contributed by atoms with van der Waals surface area (Å²) in [5, 5.41) is 3.04. The molecule has 1 amide bonds. The minimum Gasteiger partial charge on any atom is -0.756 e. The van der Waals surface area contributed by atoms with Crippen LogP contribution in [0.4, 0.5) is 0 Å². The number of esters is 1. The second-order valence-electron chi connectivity index (χ2n) is 24.7. The van der Waals surface area contributed by atoms with Gasteiger partial charge in [0.15, 0.2) is 0 Å². The number of unbranched alkanes of at least 4 members (excludes halogenated alkanes) is 35. The lowest BCUT2D eigenvalue weighted by Crippen LogP contribution is -2.47. The third-order valence-corrected chi connectivity index (χ3v) is 16.3. The lowest BCUT2D eigenvalue weighted by atomic mass is 10.0. The number of amides is 1. The normalized spacial score (nSPS) is 14.1. The van der Waals surface area contributed by atoms with Crippen molar-refractivity contribution in [3.63, 3.8) is 0 Å². The van der Waals surface area contributed by atoms with Crippen molar-refractivity contribution < 1.29 is 37.3 Å². The topological polar surface area (TPSA) is 114 Å². The summed E-state index contributed by atoms with van der Waals surface area (Å²) in [6.45, 7) is 6.75. The van der Waals surface area contributed by atoms with Crippen molar-refractivity contribution in [1.29, 1.82) is 0 Å². The molecule has 0 aliphatic heterocycles. The molecule has 0 aromatic heterocycles. The van der Waals surface area contributed by atoms with Crippen molar-refractivity contribution in [3.8, 4) is 0 Å². The molecule has 0 saturated heterocycles. The van der Waals surface area contributed by atoms with Crippen LogP contribution in [0.15, 0.2) is 85.1 Å². The molecular formula is C73H133N2O7P. The van der Waals surface area contributed by atoms with Gasteiger partial charge in [0.1, 0.15) is 19.3 Å². The molecule has 83 heavy (non-hydrogen) atoms. The summed E-state index contributed by atoms with van der Waals surface area (Å²) in [5.41, 5.74) is 0. The molecule has 10 heteroatoms. The monoisotopic (exact) mass is 1180 g/mol. The molecule has 0 aliphatic carbocycles. The van der Waals surface area contributed by atoms with Crippen molar-refractivity contribution in [3.05, 3.63) is 85.1 Å². The summed E-state index contributed by atoms with van der Waals surface area (Å²) in [5.74, 6) is -0.550. The molecule has 3 unspecified atom stereocenters. The average Bonchev–Trinajstić information content (AvgIpc) is 3.51. The molecule has 0 spiro atoms. The van der Waals surface area contributed by atoms with E-state index in [0.717, 1.165) is 116 Å². The molecule has 0 aromatic carbocycles. The number of allylic oxidation sites excluding steroid dienone is 13. The first kappa shape index (κ1) is 80.2. The zero-order chi connectivity index (χ0) is 60.7. The molecule has 3 atom stereocenters. The number of hydrogen-bond acceptors (Lipinski definition) is 7. The van der Waals surface area contributed by atoms with E-state index >= 15 is 0 Å². The minimum absolute atomic E-state index is 0.0265. The van der Waals surface area contributed by atoms with Crippen LogP contribution in [0.3, 0.4) is 0 Å². The van der Waals surface area contributed by atoms with E-state index in [2.05, 4.69) is 99.0 Å². The highest BCUT2D eigenvalue weighted by Crippen LogP contribution is 2.38. The van der Waals surface area contributed by atoms with Crippen LogP contribution in [0.1, 0.15) is 316 Å². The maximum absolute atomic E-state index is 13.6. The first-order valence-electron chi connectivity index (χ1n) is 34.9. The molecule has 0 bridgehead atoms. The van der Waals surface area contributed by atoms with Gasteiger partial charge in [0.25, 0.3) is 7.82 Å². The number of ether oxygens (including phenoxy) is 1. The Bertz CT molecular complexity index is 1700. The van der Waals surface area contributed by atoms with Crippen LogP contribution < -0.4 is 10.2 Å². The van der Waals surface area contributed by atoms with E-state index in [1.54, 1.807) is 0 Å². The smallest absolute Gasteiger partial charge is 0.306 e. The van der Waals surface area contributed by atoms with E-state index in [0.29, 0.717) is 23.9 Å². The third kappa shape index (κ3) is 63.5. The average molecular weight is 1180 g/mol. The number of phosphoric ester groups is 1. The van der Waals surface area contributed by atoms with Crippen molar-refractivity contribution in [2.24, 2.45) is 0 Å². The van der Waals surface area contributed by atoms with Gasteiger partial charge < -0.3 is 28.5 Å². The van der Waals surface area contributed by atoms with Gasteiger partial charge in [0.2, 0.25) is 5.91 Å². The number of nitrogens with one attached hydrogen (secondary N) is 1. The number of carbonyl (C=O) groups excluding carboxylic acids is 2. The second-order valence-corrected chi connectivity index (χ2v) is 26.1. The summed E-state index contributed by atoms with van der Waals surface area (Å²) >= 11 is 0. The summed E-state index contributed by atoms with van der Waals surface area (Å²) in [4.78, 5) is 40.1. The fourth-order valence-electron chi connectivity index (χ4n) is 10.00. The van der Waals surface area contributed by atoms with Gasteiger partial charge in [0.05, 0.1) is 33.8 Å². The molecule has 1 N–H and O–H groups in total. The Labute approximate surface area is 514 Å². The summed E-state index contributed by atoms with van der Waals surface area (Å²) in [6, 6.07) is -0.897. The minimum atomic E-state index is -4.71. The fraction of sp³-hybridized carbons (Fsp3) is 0.781. The molecule has 0 rings (SSSR count). The number of carbonyl (C=O) groups is 2. The van der Waals surface area contributed by atoms with Crippen molar-refractivity contribution in [1.82, 2.24) is 5.32 Å². The molecule has 0 heterocycles. The predicted molar refractivity (Wildman–Crippen MR) is 358 cm³/mol. The van der Waals surface area contributed by atoms with E-state index in [1.165, 1.54) is 161 Å². The van der Waals surface area contributed by atoms with E-state index in [4.69, 9.17) is 13.8 Å². The van der Waals surface area contributed by atoms with Gasteiger partial charge in [-0.15, -0.1) is 0 Å². The van der Waals surface area contributed by atoms with Gasteiger partial charge in [-0.25, -0.2) is 0 Å². The Morgan fingerprint density at radius 2 is 0.771 bits per heavy atom. The Kier molecular flexibility index (Phi) is 60.1. The van der Waals surface area contributed by atoms with E-state index in [9.17, 15) is 19.0 Å². The van der Waals surface area contributed by atoms with Crippen LogP contribution >= 0.6 is 7.82 Å². The van der Waals surface area contributed by atoms with Crippen LogP contribution in [0, 0.1) is 0 Å². The Hall–Kier alpha value is -2.81. The molecule has 0 aliphatic rings. The standard InChI is InChI=1S/C73H133N2O7P/c1-7-10-13-16-19-22-25-27-29-31-33-35-36-37-38-40-42-44-46-48-51-54-57-60-63-66-73(77)82-71(64-61-58-55-52-49-24-21-18-15-12-9-3)70(69-81-83(78,79)80-68-67-75(4,5)6)74-72(76)65-62-59-56-53-50-47-45-43-41-39-34-32-30-28-26-23-20-17-14-11-8-2/h10,13,19,22,27,29,33,35,37-38,42,44,61,64,70-71H,7-9,11-12,14-18,20-21,23-26,28,30-32,34,36,39-41,43,45-60,62-63,65-69H2,1-6H3,(H-,74,76,78,79)/b13-10-,22-19-,29-27-,35-33-,38-37-,44-42-,64-61+. The van der Waals surface area contributed by atoms with Gasteiger partial charge in [-0.05, 0) is 83.1 Å². The lowest BCUT2D eigenvalue weighted by Gasteiger charge is -2.30. The highest BCUT2D eigenvalue weighted by atomic mass is 31.2. The van der Waals surface area contributed by atoms with E-state index in [1.807, 2.05) is 33.3 Å². The van der Waals surface area contributed by atoms with E-state index < -0.39 is 26.6 Å². The van der Waals surface area contributed by atoms with Crippen LogP contribution in [0.25, 0.3) is 0 Å². The highest BCUT2D eigenvalue weighted by molar-refractivity contribution is 7.45. The van der Waals surface area contributed by atoms with Crippen LogP contribution in [-0.4, -0.2) is 69.4 Å². The number of nitrogens with zero attached hydrogens (tertiary/aromatic N) is 1. The molecule has 0 radical (unpaired) electrons. The molecule has 482 valence electrons. The van der Waals surface area contributed by atoms with Crippen LogP contribution in [0.2, 0.25) is 0 Å². The first-order chi connectivity index (χ1) is 40.4. The molecule has 0 aromatic rings. The van der Waals surface area contributed by atoms with Gasteiger partial charge in [-0.2, -0.15) is 0 Å². The Balaban J connectivity index is 5.09. The Morgan fingerprint density at radius 1 is 0.434 bits per heavy atom. The molecular weight excluding hydrogens is 1050 g/mol. The van der Waals surface area contributed by atoms with Crippen molar-refractivity contribution in [2.75, 3.05) is 40.9 Å². The number of quaternary nitrogens is 1. The maximum atomic E-state index is 13.6. The van der Waals surface area contributed by atoms with Gasteiger partial charge in [-0.1, -0.05) is 305 Å². The molecule has 0 saturated carbocycles. The summed E-state index contributed by atoms with van der Waals surface area (Å²) in [6.07, 6.45) is 82.8. The SMILES string of the molecule is CC/C=C\C/C=C\C/C=C\C/C=C\C/C=C\C/C=C\CCCCCCCCC(=O)OC(/C=C/CCCCCCCCCCC)C(COP(=O)([O-])OCC[N+](C)(C)C)NC(=O)CCCCCCCCCCCCCCCCCCCCCCC. The van der Waals surface area contributed by atoms with Crippen molar-refractivity contribution in [2.45, 2.75) is 328 Å². The van der Waals surface area contributed by atoms with Gasteiger partial charge in [-0.3, -0.25) is 14.2 Å². The maximum Gasteiger partial charge on any atom is 0.306 e. The summed E-state index contributed by atoms with van der Waals surface area (Å²) < 4.78 is 30.4. The summed E-state index contributed by atoms with van der Waals surface area (Å²) in [7, 11) is 1.18. The quantitative estimate of drug-likeness (QED) is 0.0212. The zero-order valence-corrected chi connectivity index (χ0v) is 56.0. The number of rotatable bonds is 63. The van der Waals surface area contributed by atoms with Gasteiger partial charge >= 0.3 is 5.97 Å². The van der Waals surface area contributed by atoms with Crippen LogP contribution in [0.5, 0.6) is 0 Å². The number of phosphoric acid groups is 1. The largest absolute Gasteiger partial charge is 0.756 e. The second kappa shape index (κ2) is 62.2. The van der Waals surface area contributed by atoms with Gasteiger partial charge in [0, 0.05) is 12.8 Å². The zero-order valence-electron chi connectivity index (χ0n) is 55.1. The number of likely N-dealkylation sites (N-methyl/N-ethyl adjacent to an activating group) is 1. The predicted octanol–water partition coefficient (Wildman–Crippen LogP) is 21.5. The fourth-order valence-corrected chi connectivity index (χ4v) is 10.7. The lowest BCUT2D eigenvalue weighted by molar-refractivity contribution is -0.870. The molecule has 9 nitrogen and oxygen atoms in total. The van der Waals surface area contributed by atoms with Crippen LogP contribution in [-0.2, 0) is 27.9 Å². The highest BCUT2D eigenvalue weighted by Gasteiger charge is 2.27. The molecule has 0 fully saturated rings. The first-order valence-corrected chi connectivity index (χ1v) is 36.4.